The molecule has 1 aliphatic carbocycles. The lowest BCUT2D eigenvalue weighted by atomic mass is 10.3. The fraction of sp³-hybridized carbons (Fsp3) is 0.667. The molecule has 2 heterocycles. The lowest BCUT2D eigenvalue weighted by Crippen LogP contribution is -2.08. The van der Waals surface area contributed by atoms with Crippen molar-refractivity contribution in [3.8, 4) is 0 Å². The van der Waals surface area contributed by atoms with Crippen molar-refractivity contribution in [3.05, 3.63) is 10.0 Å². The van der Waals surface area contributed by atoms with E-state index in [2.05, 4.69) is 25.1 Å². The largest absolute Gasteiger partial charge is 0.217 e. The molecule has 0 radical (unpaired) electrons. The Kier molecular flexibility index (Phi) is 3.76. The Hall–Kier alpha value is -0.730. The maximum atomic E-state index is 5.97. The molecule has 0 atom stereocenters. The highest BCUT2D eigenvalue weighted by atomic mass is 35.5. The van der Waals surface area contributed by atoms with Gasteiger partial charge in [-0.1, -0.05) is 40.7 Å². The van der Waals surface area contributed by atoms with E-state index >= 15 is 0 Å². The van der Waals surface area contributed by atoms with E-state index in [4.69, 9.17) is 11.6 Å². The minimum absolute atomic E-state index is 0.450. The molecule has 0 amide bonds. The first-order valence-corrected chi connectivity index (χ1v) is 7.85. The summed E-state index contributed by atoms with van der Waals surface area (Å²) < 4.78 is 6.39. The van der Waals surface area contributed by atoms with Crippen LogP contribution in [-0.4, -0.2) is 29.8 Å². The standard InChI is InChI=1S/C9H11ClN6S2/c10-8-7(11-15-18-8)5-17-9-12-13-14-16(9)6-3-1-2-4-6/h6H,1-5H2. The average molecular weight is 303 g/mol. The molecule has 0 aliphatic heterocycles. The second-order valence-corrected chi connectivity index (χ2v) is 6.43. The van der Waals surface area contributed by atoms with Gasteiger partial charge in [0.05, 0.1) is 6.04 Å². The fourth-order valence-electron chi connectivity index (χ4n) is 2.07. The molecule has 0 bridgehead atoms. The van der Waals surface area contributed by atoms with Gasteiger partial charge in [-0.25, -0.2) is 4.68 Å². The van der Waals surface area contributed by atoms with Crippen LogP contribution in [-0.2, 0) is 5.75 Å². The van der Waals surface area contributed by atoms with Crippen molar-refractivity contribution in [1.82, 2.24) is 29.8 Å². The molecule has 18 heavy (non-hydrogen) atoms. The van der Waals surface area contributed by atoms with Crippen LogP contribution in [0.25, 0.3) is 0 Å². The van der Waals surface area contributed by atoms with Crippen molar-refractivity contribution in [2.24, 2.45) is 0 Å². The third-order valence-corrected chi connectivity index (χ3v) is 4.91. The number of rotatable bonds is 4. The fourth-order valence-corrected chi connectivity index (χ4v) is 3.75. The van der Waals surface area contributed by atoms with Crippen LogP contribution < -0.4 is 0 Å². The molecule has 0 unspecified atom stereocenters. The third kappa shape index (κ3) is 2.50. The van der Waals surface area contributed by atoms with Crippen LogP contribution in [0, 0.1) is 0 Å². The van der Waals surface area contributed by atoms with Crippen molar-refractivity contribution in [2.45, 2.75) is 42.6 Å². The number of nitrogens with zero attached hydrogens (tertiary/aromatic N) is 6. The molecular weight excluding hydrogens is 292 g/mol. The second kappa shape index (κ2) is 5.50. The van der Waals surface area contributed by atoms with Gasteiger partial charge >= 0.3 is 0 Å². The summed E-state index contributed by atoms with van der Waals surface area (Å²) in [7, 11) is 0. The first kappa shape index (κ1) is 12.3. The van der Waals surface area contributed by atoms with E-state index < -0.39 is 0 Å². The average Bonchev–Trinajstić information content (AvgIpc) is 3.07. The van der Waals surface area contributed by atoms with Crippen LogP contribution in [0.1, 0.15) is 37.4 Å². The quantitative estimate of drug-likeness (QED) is 0.809. The molecular formula is C9H11ClN6S2. The van der Waals surface area contributed by atoms with E-state index in [9.17, 15) is 0 Å². The molecule has 9 heteroatoms. The zero-order valence-corrected chi connectivity index (χ0v) is 11.9. The summed E-state index contributed by atoms with van der Waals surface area (Å²) >= 11 is 8.73. The number of tetrazole rings is 1. The lowest BCUT2D eigenvalue weighted by molar-refractivity contribution is 0.423. The molecule has 6 nitrogen and oxygen atoms in total. The Balaban J connectivity index is 1.69. The van der Waals surface area contributed by atoms with Crippen molar-refractivity contribution < 1.29 is 0 Å². The summed E-state index contributed by atoms with van der Waals surface area (Å²) in [5.74, 6) is 0.655. The van der Waals surface area contributed by atoms with Gasteiger partial charge in [0.15, 0.2) is 0 Å². The Morgan fingerprint density at radius 2 is 2.17 bits per heavy atom. The van der Waals surface area contributed by atoms with Gasteiger partial charge in [-0.15, -0.1) is 10.2 Å². The number of halogens is 1. The van der Waals surface area contributed by atoms with Crippen LogP contribution in [0.2, 0.25) is 4.34 Å². The van der Waals surface area contributed by atoms with Crippen LogP contribution in [0.4, 0.5) is 0 Å². The van der Waals surface area contributed by atoms with Gasteiger partial charge in [0.1, 0.15) is 10.0 Å². The van der Waals surface area contributed by atoms with Gasteiger partial charge in [0, 0.05) is 17.3 Å². The summed E-state index contributed by atoms with van der Waals surface area (Å²) in [5, 5.41) is 16.7. The van der Waals surface area contributed by atoms with Crippen LogP contribution >= 0.6 is 34.9 Å². The molecule has 2 aromatic heterocycles. The first-order valence-electron chi connectivity index (χ1n) is 5.72. The Morgan fingerprint density at radius 1 is 1.33 bits per heavy atom. The van der Waals surface area contributed by atoms with E-state index in [1.54, 1.807) is 11.8 Å². The number of hydrogen-bond donors (Lipinski definition) is 0. The highest BCUT2D eigenvalue weighted by molar-refractivity contribution is 7.98. The monoisotopic (exact) mass is 302 g/mol. The highest BCUT2D eigenvalue weighted by Crippen LogP contribution is 2.32. The normalized spacial score (nSPS) is 16.5. The highest BCUT2D eigenvalue weighted by Gasteiger charge is 2.22. The summed E-state index contributed by atoms with van der Waals surface area (Å²) in [6, 6.07) is 0.450. The molecule has 1 aliphatic rings. The van der Waals surface area contributed by atoms with Crippen molar-refractivity contribution in [1.29, 1.82) is 0 Å². The minimum atomic E-state index is 0.450. The summed E-state index contributed by atoms with van der Waals surface area (Å²) in [6.45, 7) is 0. The van der Waals surface area contributed by atoms with E-state index in [0.29, 0.717) is 16.1 Å². The number of thioether (sulfide) groups is 1. The minimum Gasteiger partial charge on any atom is -0.217 e. The Bertz CT molecular complexity index is 521. The number of aromatic nitrogens is 6. The Labute approximate surface area is 117 Å². The van der Waals surface area contributed by atoms with Gasteiger partial charge in [0.25, 0.3) is 0 Å². The van der Waals surface area contributed by atoms with Crippen LogP contribution in [0.3, 0.4) is 0 Å². The molecule has 96 valence electrons. The van der Waals surface area contributed by atoms with Gasteiger partial charge in [-0.2, -0.15) is 0 Å². The van der Waals surface area contributed by atoms with Crippen molar-refractivity contribution in [3.63, 3.8) is 0 Å². The van der Waals surface area contributed by atoms with Gasteiger partial charge in [-0.05, 0) is 23.3 Å². The van der Waals surface area contributed by atoms with E-state index in [-0.39, 0.29) is 0 Å². The smallest absolute Gasteiger partial charge is 0.209 e. The molecule has 3 rings (SSSR count). The molecule has 1 fully saturated rings. The Morgan fingerprint density at radius 3 is 2.89 bits per heavy atom. The zero-order valence-electron chi connectivity index (χ0n) is 9.49. The molecule has 0 saturated heterocycles. The predicted octanol–water partition coefficient (Wildman–Crippen LogP) is 2.59. The van der Waals surface area contributed by atoms with Gasteiger partial charge in [0.2, 0.25) is 5.16 Å². The van der Waals surface area contributed by atoms with E-state index in [1.165, 1.54) is 24.4 Å². The summed E-state index contributed by atoms with van der Waals surface area (Å²) in [4.78, 5) is 0. The van der Waals surface area contributed by atoms with Crippen molar-refractivity contribution >= 4 is 34.9 Å². The molecule has 2 aromatic rings. The topological polar surface area (TPSA) is 69.4 Å². The maximum Gasteiger partial charge on any atom is 0.209 e. The van der Waals surface area contributed by atoms with Crippen molar-refractivity contribution in [2.75, 3.05) is 0 Å². The molecule has 0 N–H and O–H groups in total. The van der Waals surface area contributed by atoms with E-state index in [1.807, 2.05) is 4.68 Å². The molecule has 0 spiro atoms. The van der Waals surface area contributed by atoms with Gasteiger partial charge < -0.3 is 0 Å². The van der Waals surface area contributed by atoms with Crippen LogP contribution in [0.15, 0.2) is 5.16 Å². The van der Waals surface area contributed by atoms with Gasteiger partial charge in [-0.3, -0.25) is 0 Å². The molecule has 1 saturated carbocycles. The maximum absolute atomic E-state index is 5.97. The first-order chi connectivity index (χ1) is 8.84. The SMILES string of the molecule is Clc1snnc1CSc1nnnn1C1CCCC1. The zero-order chi connectivity index (χ0) is 12.4. The third-order valence-electron chi connectivity index (χ3n) is 2.98. The van der Waals surface area contributed by atoms with E-state index in [0.717, 1.165) is 23.7 Å². The predicted molar refractivity (Wildman–Crippen MR) is 69.8 cm³/mol. The second-order valence-electron chi connectivity index (χ2n) is 4.13. The van der Waals surface area contributed by atoms with Crippen LogP contribution in [0.5, 0.6) is 0 Å². The number of hydrogen-bond acceptors (Lipinski definition) is 7. The summed E-state index contributed by atoms with van der Waals surface area (Å²) in [5.41, 5.74) is 0.799. The summed E-state index contributed by atoms with van der Waals surface area (Å²) in [6.07, 6.45) is 4.85. The lowest BCUT2D eigenvalue weighted by Gasteiger charge is -2.10. The molecule has 0 aromatic carbocycles.